The Morgan fingerprint density at radius 2 is 1.65 bits per heavy atom. The molecule has 0 aromatic heterocycles. The summed E-state index contributed by atoms with van der Waals surface area (Å²) < 4.78 is 51.9. The number of ether oxygens (including phenoxy) is 4. The molecule has 0 spiro atoms. The Morgan fingerprint density at radius 1 is 0.953 bits per heavy atom. The Bertz CT molecular complexity index is 1320. The van der Waals surface area contributed by atoms with Gasteiger partial charge in [0.25, 0.3) is 0 Å². The highest BCUT2D eigenvalue weighted by Crippen LogP contribution is 2.38. The third kappa shape index (κ3) is 9.36. The molecular formula is C29H40N2O11S. The van der Waals surface area contributed by atoms with Crippen LogP contribution in [0, 0.1) is 0 Å². The number of nitrogens with one attached hydrogen (secondary N) is 2. The molecule has 1 saturated heterocycles. The van der Waals surface area contributed by atoms with Gasteiger partial charge in [0.15, 0.2) is 12.0 Å². The van der Waals surface area contributed by atoms with Crippen molar-refractivity contribution in [1.82, 2.24) is 4.72 Å². The molecule has 0 radical (unpaired) electrons. The minimum Gasteiger partial charge on any atom is -0.463 e. The van der Waals surface area contributed by atoms with Gasteiger partial charge in [-0.15, -0.1) is 0 Å². The van der Waals surface area contributed by atoms with Crippen molar-refractivity contribution in [2.45, 2.75) is 82.0 Å². The zero-order valence-electron chi connectivity index (χ0n) is 24.4. The topological polar surface area (TPSA) is 190 Å². The van der Waals surface area contributed by atoms with Crippen molar-refractivity contribution < 1.29 is 52.3 Å². The number of para-hydroxylation sites is 1. The molecule has 2 unspecified atom stereocenters. The normalized spacial score (nSPS) is 22.0. The van der Waals surface area contributed by atoms with Crippen molar-refractivity contribution in [1.29, 1.82) is 0 Å². The first-order chi connectivity index (χ1) is 20.5. The van der Waals surface area contributed by atoms with E-state index in [0.29, 0.717) is 18.7 Å². The van der Waals surface area contributed by atoms with E-state index in [1.54, 1.807) is 30.3 Å². The number of aliphatic hydroxyl groups is 3. The molecule has 1 heterocycles. The SMILES string of the molecule is CCCCNc1cc(C(=O)OCCCC)cc(S(=O)(=O)NC2O[C@H](COC(C)=O)[C@@H](O)[C@H](O)C2O)c1Oc1ccccc1. The average molecular weight is 625 g/mol. The molecule has 0 aliphatic carbocycles. The van der Waals surface area contributed by atoms with Gasteiger partial charge in [0, 0.05) is 13.5 Å². The van der Waals surface area contributed by atoms with Crippen molar-refractivity contribution in [3.63, 3.8) is 0 Å². The molecule has 238 valence electrons. The van der Waals surface area contributed by atoms with Gasteiger partial charge in [0.1, 0.15) is 41.7 Å². The van der Waals surface area contributed by atoms with Crippen LogP contribution in [0.1, 0.15) is 56.8 Å². The summed E-state index contributed by atoms with van der Waals surface area (Å²) in [5, 5.41) is 34.4. The highest BCUT2D eigenvalue weighted by Gasteiger charge is 2.46. The van der Waals surface area contributed by atoms with Crippen LogP contribution >= 0.6 is 0 Å². The van der Waals surface area contributed by atoms with Crippen LogP contribution in [0.15, 0.2) is 47.4 Å². The predicted molar refractivity (Wildman–Crippen MR) is 155 cm³/mol. The van der Waals surface area contributed by atoms with Crippen LogP contribution in [-0.4, -0.2) is 86.1 Å². The van der Waals surface area contributed by atoms with E-state index < -0.39 is 64.1 Å². The van der Waals surface area contributed by atoms with E-state index in [-0.39, 0.29) is 23.6 Å². The molecule has 5 atom stereocenters. The molecule has 2 aromatic rings. The number of hydrogen-bond acceptors (Lipinski definition) is 12. The van der Waals surface area contributed by atoms with Gasteiger partial charge < -0.3 is 39.6 Å². The molecule has 2 aromatic carbocycles. The second-order valence-electron chi connectivity index (χ2n) is 10.0. The first kappa shape index (κ1) is 34.2. The van der Waals surface area contributed by atoms with Crippen molar-refractivity contribution in [2.75, 3.05) is 25.1 Å². The number of hydrogen-bond donors (Lipinski definition) is 5. The van der Waals surface area contributed by atoms with Gasteiger partial charge in [-0.05, 0) is 37.1 Å². The average Bonchev–Trinajstić information content (AvgIpc) is 2.97. The number of benzene rings is 2. The van der Waals surface area contributed by atoms with Gasteiger partial charge >= 0.3 is 11.9 Å². The standard InChI is InChI=1S/C29H40N2O11S/c1-4-6-13-30-21-15-19(29(36)39-14-7-5-2)16-23(27(21)41-20-11-9-8-10-12-20)43(37,38)31-28-26(35)25(34)24(33)22(42-28)17-40-18(3)32/h8-12,15-16,22,24-26,28,30-31,33-35H,4-7,13-14,17H2,1-3H3/t22-,24-,25+,26?,28?/m1/s1. The Hall–Kier alpha value is -3.27. The summed E-state index contributed by atoms with van der Waals surface area (Å²) >= 11 is 0. The summed E-state index contributed by atoms with van der Waals surface area (Å²) in [6, 6.07) is 11.0. The van der Waals surface area contributed by atoms with E-state index in [2.05, 4.69) is 10.0 Å². The zero-order valence-corrected chi connectivity index (χ0v) is 25.2. The second-order valence-corrected chi connectivity index (χ2v) is 11.7. The van der Waals surface area contributed by atoms with Crippen molar-refractivity contribution >= 4 is 27.6 Å². The number of sulfonamides is 1. The lowest BCUT2D eigenvalue weighted by Gasteiger charge is -2.40. The van der Waals surface area contributed by atoms with Crippen LogP contribution in [0.25, 0.3) is 0 Å². The summed E-state index contributed by atoms with van der Waals surface area (Å²) in [7, 11) is -4.68. The van der Waals surface area contributed by atoms with E-state index in [9.17, 15) is 33.3 Å². The van der Waals surface area contributed by atoms with Crippen molar-refractivity contribution in [3.05, 3.63) is 48.0 Å². The Morgan fingerprint density at radius 3 is 2.30 bits per heavy atom. The van der Waals surface area contributed by atoms with Gasteiger partial charge in [-0.25, -0.2) is 13.2 Å². The summed E-state index contributed by atoms with van der Waals surface area (Å²) in [5.41, 5.74) is 0.139. The van der Waals surface area contributed by atoms with Crippen LogP contribution in [0.2, 0.25) is 0 Å². The summed E-state index contributed by atoms with van der Waals surface area (Å²) in [6.07, 6.45) is -5.57. The van der Waals surface area contributed by atoms with E-state index in [1.165, 1.54) is 6.07 Å². The summed E-state index contributed by atoms with van der Waals surface area (Å²) in [4.78, 5) is 23.8. The fraction of sp³-hybridized carbons (Fsp3) is 0.517. The summed E-state index contributed by atoms with van der Waals surface area (Å²) in [6.45, 7) is 5.12. The van der Waals surface area contributed by atoms with Crippen LogP contribution in [0.4, 0.5) is 5.69 Å². The smallest absolute Gasteiger partial charge is 0.338 e. The second kappa shape index (κ2) is 16.0. The summed E-state index contributed by atoms with van der Waals surface area (Å²) in [5.74, 6) is -1.27. The first-order valence-corrected chi connectivity index (χ1v) is 15.6. The first-order valence-electron chi connectivity index (χ1n) is 14.2. The third-order valence-corrected chi connectivity index (χ3v) is 7.98. The zero-order chi connectivity index (χ0) is 31.6. The lowest BCUT2D eigenvalue weighted by Crippen LogP contribution is -2.63. The van der Waals surface area contributed by atoms with Crippen LogP contribution in [0.3, 0.4) is 0 Å². The monoisotopic (exact) mass is 624 g/mol. The molecule has 0 saturated carbocycles. The molecule has 5 N–H and O–H groups in total. The number of anilines is 1. The van der Waals surface area contributed by atoms with Gasteiger partial charge in [-0.2, -0.15) is 4.72 Å². The maximum atomic E-state index is 13.9. The van der Waals surface area contributed by atoms with Crippen molar-refractivity contribution in [2.24, 2.45) is 0 Å². The number of unbranched alkanes of at least 4 members (excludes halogenated alkanes) is 2. The highest BCUT2D eigenvalue weighted by molar-refractivity contribution is 7.89. The maximum Gasteiger partial charge on any atom is 0.338 e. The largest absolute Gasteiger partial charge is 0.463 e. The van der Waals surface area contributed by atoms with E-state index >= 15 is 0 Å². The molecule has 1 fully saturated rings. The predicted octanol–water partition coefficient (Wildman–Crippen LogP) is 2.30. The number of rotatable bonds is 15. The molecule has 14 heteroatoms. The third-order valence-electron chi connectivity index (χ3n) is 6.55. The van der Waals surface area contributed by atoms with Crippen LogP contribution in [0.5, 0.6) is 11.5 Å². The Labute approximate surface area is 251 Å². The van der Waals surface area contributed by atoms with Crippen LogP contribution < -0.4 is 14.8 Å². The molecule has 1 aliphatic rings. The van der Waals surface area contributed by atoms with Crippen molar-refractivity contribution in [3.8, 4) is 11.5 Å². The maximum absolute atomic E-state index is 13.9. The fourth-order valence-corrected chi connectivity index (χ4v) is 5.46. The minimum absolute atomic E-state index is 0.0656. The van der Waals surface area contributed by atoms with Gasteiger partial charge in [0.2, 0.25) is 10.0 Å². The number of esters is 2. The van der Waals surface area contributed by atoms with E-state index in [4.69, 9.17) is 18.9 Å². The molecule has 43 heavy (non-hydrogen) atoms. The lowest BCUT2D eigenvalue weighted by atomic mass is 9.99. The molecule has 3 rings (SSSR count). The highest BCUT2D eigenvalue weighted by atomic mass is 32.2. The lowest BCUT2D eigenvalue weighted by molar-refractivity contribution is -0.234. The van der Waals surface area contributed by atoms with Crippen LogP contribution in [-0.2, 0) is 29.0 Å². The van der Waals surface area contributed by atoms with E-state index in [0.717, 1.165) is 32.3 Å². The number of aliphatic hydroxyl groups excluding tert-OH is 3. The molecular weight excluding hydrogens is 584 g/mol. The molecule has 0 amide bonds. The number of carbonyl (C=O) groups is 2. The molecule has 0 bridgehead atoms. The van der Waals surface area contributed by atoms with Gasteiger partial charge in [0.05, 0.1) is 17.9 Å². The Kier molecular flexibility index (Phi) is 12.7. The molecule has 1 aliphatic heterocycles. The minimum atomic E-state index is -4.68. The number of carbonyl (C=O) groups excluding carboxylic acids is 2. The van der Waals surface area contributed by atoms with E-state index in [1.807, 2.05) is 13.8 Å². The quantitative estimate of drug-likeness (QED) is 0.144. The Balaban J connectivity index is 2.07. The molecule has 13 nitrogen and oxygen atoms in total. The fourth-order valence-electron chi connectivity index (χ4n) is 4.16. The van der Waals surface area contributed by atoms with Gasteiger partial charge in [-0.3, -0.25) is 4.79 Å². The van der Waals surface area contributed by atoms with Gasteiger partial charge in [-0.1, -0.05) is 44.9 Å².